The molecule has 0 bridgehead atoms. The second kappa shape index (κ2) is 3.26. The molecule has 0 fully saturated rings. The Hall–Kier alpha value is 0.489. The fourth-order valence-corrected chi connectivity index (χ4v) is 8.08. The molecule has 3 nitrogen and oxygen atoms in total. The van der Waals surface area contributed by atoms with E-state index in [0.29, 0.717) is 27.7 Å². The normalized spacial score (nSPS) is 25.2. The van der Waals surface area contributed by atoms with E-state index in [-0.39, 0.29) is 0 Å². The average Bonchev–Trinajstić information content (AvgIpc) is 2.71. The first kappa shape index (κ1) is 8.77. The Morgan fingerprint density at radius 3 is 3.23 bits per heavy atom. The van der Waals surface area contributed by atoms with Crippen molar-refractivity contribution in [1.29, 1.82) is 0 Å². The molecule has 0 aliphatic carbocycles. The molecule has 0 atom stereocenters. The third-order valence-electron chi connectivity index (χ3n) is 1.84. The van der Waals surface area contributed by atoms with E-state index in [0.717, 1.165) is 11.7 Å². The van der Waals surface area contributed by atoms with Crippen molar-refractivity contribution in [2.45, 2.75) is 0 Å². The van der Waals surface area contributed by atoms with Gasteiger partial charge in [0, 0.05) is 0 Å². The van der Waals surface area contributed by atoms with E-state index in [1.54, 1.807) is 20.7 Å². The number of hydrogen-bond acceptors (Lipinski definition) is 4. The van der Waals surface area contributed by atoms with Crippen LogP contribution in [0.1, 0.15) is 0 Å². The standard InChI is InChI=1S/C6H4N3S2Se2/c1-9-5-3(12-10-7-5)2-4-6(9)8-11-13-4/h2H,1H3. The molecular formula is C6H4N3S2Se2. The van der Waals surface area contributed by atoms with Crippen LogP contribution >= 0.6 is 20.7 Å². The monoisotopic (exact) mass is 342 g/mol. The molecule has 0 saturated carbocycles. The SMILES string of the molecule is CN1C2=NS[Se]C2=CC2=C1[N]S[Se]2. The number of fused-ring (bicyclic) bond motifs is 1. The van der Waals surface area contributed by atoms with E-state index in [1.807, 2.05) is 0 Å². The van der Waals surface area contributed by atoms with E-state index >= 15 is 0 Å². The van der Waals surface area contributed by atoms with Crippen molar-refractivity contribution in [1.82, 2.24) is 9.62 Å². The number of hydrogen-bond donors (Lipinski definition) is 0. The van der Waals surface area contributed by atoms with Crippen LogP contribution in [0.25, 0.3) is 0 Å². The van der Waals surface area contributed by atoms with Crippen LogP contribution in [0, 0.1) is 0 Å². The quantitative estimate of drug-likeness (QED) is 0.477. The van der Waals surface area contributed by atoms with Gasteiger partial charge in [-0.15, -0.1) is 0 Å². The molecule has 0 aromatic rings. The second-order valence-corrected chi connectivity index (χ2v) is 9.39. The van der Waals surface area contributed by atoms with Crippen molar-refractivity contribution in [2.75, 3.05) is 7.05 Å². The zero-order chi connectivity index (χ0) is 8.84. The molecule has 3 heterocycles. The summed E-state index contributed by atoms with van der Waals surface area (Å²) in [6.45, 7) is 0. The average molecular weight is 340 g/mol. The summed E-state index contributed by atoms with van der Waals surface area (Å²) in [5.74, 6) is 2.26. The Morgan fingerprint density at radius 1 is 1.38 bits per heavy atom. The third-order valence-corrected chi connectivity index (χ3v) is 8.24. The molecule has 0 amide bonds. The zero-order valence-corrected chi connectivity index (χ0v) is 11.6. The van der Waals surface area contributed by atoms with Gasteiger partial charge < -0.3 is 0 Å². The fourth-order valence-electron chi connectivity index (χ4n) is 1.20. The van der Waals surface area contributed by atoms with Crippen molar-refractivity contribution in [3.8, 4) is 0 Å². The summed E-state index contributed by atoms with van der Waals surface area (Å²) >= 11 is 0.983. The topological polar surface area (TPSA) is 29.7 Å². The van der Waals surface area contributed by atoms with Crippen LogP contribution in [-0.2, 0) is 0 Å². The maximum absolute atomic E-state index is 4.42. The Kier molecular flexibility index (Phi) is 2.20. The van der Waals surface area contributed by atoms with E-state index in [4.69, 9.17) is 0 Å². The predicted molar refractivity (Wildman–Crippen MR) is 59.1 cm³/mol. The molecular weight excluding hydrogens is 336 g/mol. The summed E-state index contributed by atoms with van der Waals surface area (Å²) < 4.78 is 11.7. The van der Waals surface area contributed by atoms with Crippen molar-refractivity contribution in [3.05, 3.63) is 20.8 Å². The van der Waals surface area contributed by atoms with Gasteiger partial charge >= 0.3 is 96.1 Å². The molecule has 3 rings (SSSR count). The third kappa shape index (κ3) is 1.30. The molecule has 3 aliphatic heterocycles. The van der Waals surface area contributed by atoms with Gasteiger partial charge in [0.2, 0.25) is 0 Å². The Bertz CT molecular complexity index is 363. The van der Waals surface area contributed by atoms with Gasteiger partial charge in [0.1, 0.15) is 0 Å². The van der Waals surface area contributed by atoms with Crippen molar-refractivity contribution in [3.63, 3.8) is 0 Å². The van der Waals surface area contributed by atoms with Gasteiger partial charge in [-0.05, 0) is 0 Å². The molecule has 67 valence electrons. The number of nitrogens with zero attached hydrogens (tertiary/aromatic N) is 3. The van der Waals surface area contributed by atoms with E-state index in [1.165, 1.54) is 8.94 Å². The van der Waals surface area contributed by atoms with Crippen LogP contribution < -0.4 is 4.72 Å². The Morgan fingerprint density at radius 2 is 2.31 bits per heavy atom. The van der Waals surface area contributed by atoms with Gasteiger partial charge in [-0.3, -0.25) is 0 Å². The number of rotatable bonds is 0. The molecule has 1 radical (unpaired) electrons. The van der Waals surface area contributed by atoms with Gasteiger partial charge in [0.25, 0.3) is 0 Å². The van der Waals surface area contributed by atoms with Crippen LogP contribution in [-0.4, -0.2) is 45.5 Å². The van der Waals surface area contributed by atoms with E-state index < -0.39 is 0 Å². The minimum absolute atomic E-state index is 0.492. The molecule has 0 aromatic carbocycles. The molecule has 0 aromatic heterocycles. The Balaban J connectivity index is 2.10. The molecule has 0 spiro atoms. The zero-order valence-electron chi connectivity index (χ0n) is 6.55. The molecule has 13 heavy (non-hydrogen) atoms. The fraction of sp³-hybridized carbons (Fsp3) is 0.167. The van der Waals surface area contributed by atoms with Crippen LogP contribution in [0.3, 0.4) is 0 Å². The Labute approximate surface area is 95.6 Å². The van der Waals surface area contributed by atoms with Crippen LogP contribution in [0.15, 0.2) is 25.2 Å². The number of amidine groups is 1. The van der Waals surface area contributed by atoms with Crippen LogP contribution in [0.4, 0.5) is 0 Å². The molecule has 7 heteroatoms. The van der Waals surface area contributed by atoms with Gasteiger partial charge in [-0.25, -0.2) is 0 Å². The van der Waals surface area contributed by atoms with Gasteiger partial charge in [-0.2, -0.15) is 0 Å². The van der Waals surface area contributed by atoms with Crippen molar-refractivity contribution in [2.24, 2.45) is 4.40 Å². The van der Waals surface area contributed by atoms with E-state index in [2.05, 4.69) is 27.1 Å². The van der Waals surface area contributed by atoms with Crippen molar-refractivity contribution < 1.29 is 0 Å². The molecule has 0 saturated heterocycles. The van der Waals surface area contributed by atoms with Crippen molar-refractivity contribution >= 4 is 54.2 Å². The summed E-state index contributed by atoms with van der Waals surface area (Å²) in [4.78, 5) is 2.13. The number of likely N-dealkylation sites (N-methyl/N-ethyl adjacent to an activating group) is 1. The first-order valence-corrected chi connectivity index (χ1v) is 10.8. The van der Waals surface area contributed by atoms with E-state index in [9.17, 15) is 0 Å². The van der Waals surface area contributed by atoms with Gasteiger partial charge in [0.05, 0.1) is 0 Å². The predicted octanol–water partition coefficient (Wildman–Crippen LogP) is 0.550. The summed E-state index contributed by atoms with van der Waals surface area (Å²) in [6, 6.07) is 0. The summed E-state index contributed by atoms with van der Waals surface area (Å²) in [6.07, 6.45) is 2.30. The first-order valence-electron chi connectivity index (χ1n) is 3.53. The number of allylic oxidation sites excluding steroid dienone is 2. The van der Waals surface area contributed by atoms with Crippen LogP contribution in [0.2, 0.25) is 0 Å². The molecule has 0 N–H and O–H groups in total. The van der Waals surface area contributed by atoms with Gasteiger partial charge in [-0.1, -0.05) is 0 Å². The summed E-state index contributed by atoms with van der Waals surface area (Å²) in [5, 5.41) is 0. The molecule has 3 aliphatic rings. The first-order chi connectivity index (χ1) is 6.36. The molecule has 0 unspecified atom stereocenters. The second-order valence-electron chi connectivity index (χ2n) is 2.58. The summed E-state index contributed by atoms with van der Waals surface area (Å²) in [5.41, 5.74) is 0. The van der Waals surface area contributed by atoms with Crippen LogP contribution in [0.5, 0.6) is 0 Å². The maximum atomic E-state index is 4.42. The van der Waals surface area contributed by atoms with Gasteiger partial charge in [0.15, 0.2) is 0 Å². The summed E-state index contributed by atoms with van der Waals surface area (Å²) in [7, 11) is 5.45. The minimum atomic E-state index is 0.492.